The fraction of sp³-hybridized carbons (Fsp3) is 0.429. The topological polar surface area (TPSA) is 70.7 Å². The fourth-order valence-corrected chi connectivity index (χ4v) is 4.19. The Bertz CT molecular complexity index is 841. The van der Waals surface area contributed by atoms with Gasteiger partial charge in [-0.3, -0.25) is 0 Å². The zero-order chi connectivity index (χ0) is 20.0. The maximum absolute atomic E-state index is 11.4. The van der Waals surface area contributed by atoms with Crippen LogP contribution in [0.2, 0.25) is 0 Å². The van der Waals surface area contributed by atoms with Gasteiger partial charge in [-0.15, -0.1) is 0 Å². The monoisotopic (exact) mass is 403 g/mol. The minimum absolute atomic E-state index is 0.159. The van der Waals surface area contributed by atoms with Gasteiger partial charge in [0.25, 0.3) is 0 Å². The number of benzene rings is 2. The first-order chi connectivity index (χ1) is 13.4. The molecule has 3 rings (SSSR count). The summed E-state index contributed by atoms with van der Waals surface area (Å²) in [4.78, 5) is 2.36. The minimum atomic E-state index is -3.21. The SMILES string of the molecule is C[C@@H](NS(C)(=O)=O)c1ccc(CNCC2CN(c3ccccc3)CCO2)cc1. The quantitative estimate of drug-likeness (QED) is 0.708. The molecule has 0 amide bonds. The van der Waals surface area contributed by atoms with Gasteiger partial charge in [-0.2, -0.15) is 0 Å². The van der Waals surface area contributed by atoms with E-state index in [0.29, 0.717) is 0 Å². The molecular formula is C21H29N3O3S. The summed E-state index contributed by atoms with van der Waals surface area (Å²) in [5, 5.41) is 3.47. The fourth-order valence-electron chi connectivity index (χ4n) is 3.41. The van der Waals surface area contributed by atoms with Crippen LogP contribution in [0.5, 0.6) is 0 Å². The lowest BCUT2D eigenvalue weighted by atomic mass is 10.1. The Morgan fingerprint density at radius 2 is 1.86 bits per heavy atom. The molecule has 152 valence electrons. The van der Waals surface area contributed by atoms with Crippen LogP contribution in [0.4, 0.5) is 5.69 Å². The van der Waals surface area contributed by atoms with E-state index in [4.69, 9.17) is 4.74 Å². The van der Waals surface area contributed by atoms with Crippen LogP contribution in [-0.2, 0) is 21.3 Å². The molecule has 1 aliphatic heterocycles. The van der Waals surface area contributed by atoms with Gasteiger partial charge in [-0.05, 0) is 30.2 Å². The molecule has 0 aromatic heterocycles. The Labute approximate surface area is 168 Å². The van der Waals surface area contributed by atoms with Crippen LogP contribution in [0.1, 0.15) is 24.1 Å². The van der Waals surface area contributed by atoms with Crippen molar-refractivity contribution in [3.63, 3.8) is 0 Å². The average Bonchev–Trinajstić information content (AvgIpc) is 2.68. The number of ether oxygens (including phenoxy) is 1. The molecule has 1 saturated heterocycles. The van der Waals surface area contributed by atoms with E-state index in [1.165, 1.54) is 11.9 Å². The summed E-state index contributed by atoms with van der Waals surface area (Å²) < 4.78 is 31.2. The molecule has 2 N–H and O–H groups in total. The van der Waals surface area contributed by atoms with Gasteiger partial charge >= 0.3 is 0 Å². The van der Waals surface area contributed by atoms with Crippen molar-refractivity contribution >= 4 is 15.7 Å². The highest BCUT2D eigenvalue weighted by atomic mass is 32.2. The summed E-state index contributed by atoms with van der Waals surface area (Å²) in [7, 11) is -3.21. The van der Waals surface area contributed by atoms with Crippen molar-refractivity contribution in [1.82, 2.24) is 10.0 Å². The third-order valence-corrected chi connectivity index (χ3v) is 5.61. The van der Waals surface area contributed by atoms with Crippen LogP contribution < -0.4 is 14.9 Å². The van der Waals surface area contributed by atoms with E-state index in [1.54, 1.807) is 0 Å². The highest BCUT2D eigenvalue weighted by molar-refractivity contribution is 7.88. The minimum Gasteiger partial charge on any atom is -0.373 e. The summed E-state index contributed by atoms with van der Waals surface area (Å²) in [5.41, 5.74) is 3.34. The second-order valence-electron chi connectivity index (χ2n) is 7.26. The lowest BCUT2D eigenvalue weighted by Gasteiger charge is -2.34. The molecule has 7 heteroatoms. The van der Waals surface area contributed by atoms with Crippen LogP contribution in [0, 0.1) is 0 Å². The first kappa shape index (κ1) is 20.8. The number of sulfonamides is 1. The van der Waals surface area contributed by atoms with Gasteiger partial charge in [0.1, 0.15) is 0 Å². The summed E-state index contributed by atoms with van der Waals surface area (Å²) in [6.45, 7) is 5.91. The largest absolute Gasteiger partial charge is 0.373 e. The smallest absolute Gasteiger partial charge is 0.209 e. The molecular weight excluding hydrogens is 374 g/mol. The van der Waals surface area contributed by atoms with E-state index < -0.39 is 10.0 Å². The lowest BCUT2D eigenvalue weighted by Crippen LogP contribution is -2.46. The zero-order valence-electron chi connectivity index (χ0n) is 16.5. The Kier molecular flexibility index (Phi) is 7.07. The van der Waals surface area contributed by atoms with Crippen LogP contribution in [0.15, 0.2) is 54.6 Å². The molecule has 1 heterocycles. The average molecular weight is 404 g/mol. The second-order valence-corrected chi connectivity index (χ2v) is 9.04. The third-order valence-electron chi connectivity index (χ3n) is 4.83. The number of nitrogens with one attached hydrogen (secondary N) is 2. The van der Waals surface area contributed by atoms with Crippen LogP contribution in [0.25, 0.3) is 0 Å². The normalized spacial score (nSPS) is 18.8. The van der Waals surface area contributed by atoms with Crippen molar-refractivity contribution in [3.8, 4) is 0 Å². The molecule has 0 radical (unpaired) electrons. The zero-order valence-corrected chi connectivity index (χ0v) is 17.3. The van der Waals surface area contributed by atoms with Crippen LogP contribution in [0.3, 0.4) is 0 Å². The van der Waals surface area contributed by atoms with Crippen molar-refractivity contribution < 1.29 is 13.2 Å². The second kappa shape index (κ2) is 9.52. The molecule has 0 bridgehead atoms. The molecule has 0 aliphatic carbocycles. The van der Waals surface area contributed by atoms with Gasteiger partial charge in [-0.25, -0.2) is 13.1 Å². The standard InChI is InChI=1S/C21H29N3O3S/c1-17(23-28(2,25)26)19-10-8-18(9-11-19)14-22-15-21-16-24(12-13-27-21)20-6-4-3-5-7-20/h3-11,17,21-23H,12-16H2,1-2H3/t17-,21?/m1/s1. The van der Waals surface area contributed by atoms with E-state index in [9.17, 15) is 8.42 Å². The molecule has 2 aromatic rings. The summed E-state index contributed by atoms with van der Waals surface area (Å²) in [6.07, 6.45) is 1.33. The molecule has 6 nitrogen and oxygen atoms in total. The van der Waals surface area contributed by atoms with E-state index >= 15 is 0 Å². The van der Waals surface area contributed by atoms with E-state index in [2.05, 4.69) is 39.2 Å². The van der Waals surface area contributed by atoms with Crippen molar-refractivity contribution in [1.29, 1.82) is 0 Å². The highest BCUT2D eigenvalue weighted by Gasteiger charge is 2.20. The number of morpholine rings is 1. The molecule has 2 atom stereocenters. The van der Waals surface area contributed by atoms with Gasteiger partial charge < -0.3 is 15.0 Å². The molecule has 0 saturated carbocycles. The van der Waals surface area contributed by atoms with Gasteiger partial charge in [0.05, 0.1) is 19.0 Å². The maximum Gasteiger partial charge on any atom is 0.209 e. The molecule has 28 heavy (non-hydrogen) atoms. The molecule has 0 spiro atoms. The first-order valence-corrected chi connectivity index (χ1v) is 11.5. The molecule has 2 aromatic carbocycles. The van der Waals surface area contributed by atoms with Gasteiger partial charge in [-0.1, -0.05) is 42.5 Å². The summed E-state index contributed by atoms with van der Waals surface area (Å²) in [5.74, 6) is 0. The Hall–Kier alpha value is -1.93. The van der Waals surface area contributed by atoms with Gasteiger partial charge in [0.15, 0.2) is 0 Å². The van der Waals surface area contributed by atoms with Crippen molar-refractivity contribution in [2.75, 3.05) is 37.4 Å². The lowest BCUT2D eigenvalue weighted by molar-refractivity contribution is 0.0407. The number of para-hydroxylation sites is 1. The van der Waals surface area contributed by atoms with Crippen molar-refractivity contribution in [2.24, 2.45) is 0 Å². The molecule has 1 aliphatic rings. The van der Waals surface area contributed by atoms with E-state index in [0.717, 1.165) is 43.9 Å². The van der Waals surface area contributed by atoms with Crippen LogP contribution >= 0.6 is 0 Å². The molecule has 1 fully saturated rings. The Morgan fingerprint density at radius 3 is 2.54 bits per heavy atom. The van der Waals surface area contributed by atoms with Crippen molar-refractivity contribution in [2.45, 2.75) is 25.6 Å². The van der Waals surface area contributed by atoms with Crippen molar-refractivity contribution in [3.05, 3.63) is 65.7 Å². The van der Waals surface area contributed by atoms with E-state index in [-0.39, 0.29) is 12.1 Å². The summed E-state index contributed by atoms with van der Waals surface area (Å²) >= 11 is 0. The number of nitrogens with zero attached hydrogens (tertiary/aromatic N) is 1. The Balaban J connectivity index is 1.46. The Morgan fingerprint density at radius 1 is 1.14 bits per heavy atom. The number of rotatable bonds is 8. The van der Waals surface area contributed by atoms with Gasteiger partial charge in [0.2, 0.25) is 10.0 Å². The number of hydrogen-bond acceptors (Lipinski definition) is 5. The van der Waals surface area contributed by atoms with Crippen LogP contribution in [-0.4, -0.2) is 47.0 Å². The number of hydrogen-bond donors (Lipinski definition) is 2. The highest BCUT2D eigenvalue weighted by Crippen LogP contribution is 2.17. The van der Waals surface area contributed by atoms with Gasteiger partial charge in [0, 0.05) is 37.9 Å². The summed E-state index contributed by atoms with van der Waals surface area (Å²) in [6, 6.07) is 18.2. The predicted molar refractivity (Wildman–Crippen MR) is 113 cm³/mol. The third kappa shape index (κ3) is 6.31. The molecule has 1 unspecified atom stereocenters. The number of anilines is 1. The predicted octanol–water partition coefficient (Wildman–Crippen LogP) is 2.29. The first-order valence-electron chi connectivity index (χ1n) is 9.59. The maximum atomic E-state index is 11.4. The van der Waals surface area contributed by atoms with E-state index in [1.807, 2.05) is 37.3 Å².